The van der Waals surface area contributed by atoms with Crippen molar-refractivity contribution in [1.29, 1.82) is 0 Å². The topological polar surface area (TPSA) is 34.1 Å². The van der Waals surface area contributed by atoms with E-state index in [2.05, 4.69) is 6.92 Å². The zero-order chi connectivity index (χ0) is 17.7. The first-order valence-electron chi connectivity index (χ1n) is 9.37. The summed E-state index contributed by atoms with van der Waals surface area (Å²) in [5.74, 6) is 0.0989. The minimum Gasteiger partial charge on any atom is -0.289 e. The van der Waals surface area contributed by atoms with Crippen molar-refractivity contribution in [2.75, 3.05) is 0 Å². The molecule has 1 aromatic carbocycles. The first-order chi connectivity index (χ1) is 11.5. The number of rotatable bonds is 8. The van der Waals surface area contributed by atoms with Crippen LogP contribution in [0.1, 0.15) is 97.1 Å². The van der Waals surface area contributed by atoms with Gasteiger partial charge in [0.2, 0.25) is 0 Å². The van der Waals surface area contributed by atoms with E-state index in [1.807, 2.05) is 32.9 Å². The zero-order valence-electron chi connectivity index (χ0n) is 15.6. The van der Waals surface area contributed by atoms with E-state index in [-0.39, 0.29) is 11.6 Å². The van der Waals surface area contributed by atoms with Gasteiger partial charge in [0.1, 0.15) is 0 Å². The van der Waals surface area contributed by atoms with Crippen molar-refractivity contribution in [3.05, 3.63) is 45.5 Å². The minimum atomic E-state index is 0.0330. The molecule has 1 aromatic rings. The smallest absolute Gasteiger partial charge is 0.190 e. The highest BCUT2D eigenvalue weighted by molar-refractivity contribution is 6.26. The third-order valence-electron chi connectivity index (χ3n) is 5.22. The number of carbonyl (C=O) groups excluding carboxylic acids is 2. The predicted molar refractivity (Wildman–Crippen MR) is 99.9 cm³/mol. The second-order valence-electron chi connectivity index (χ2n) is 7.12. The van der Waals surface area contributed by atoms with Gasteiger partial charge >= 0.3 is 0 Å². The molecule has 0 heterocycles. The number of carbonyl (C=O) groups is 2. The molecule has 0 N–H and O–H groups in total. The van der Waals surface area contributed by atoms with Crippen LogP contribution in [0.4, 0.5) is 0 Å². The van der Waals surface area contributed by atoms with Gasteiger partial charge in [-0.15, -0.1) is 0 Å². The van der Waals surface area contributed by atoms with Crippen molar-refractivity contribution >= 4 is 11.6 Å². The van der Waals surface area contributed by atoms with Gasteiger partial charge < -0.3 is 0 Å². The normalized spacial score (nSPS) is 14.3. The van der Waals surface area contributed by atoms with Gasteiger partial charge in [0, 0.05) is 22.3 Å². The summed E-state index contributed by atoms with van der Waals surface area (Å²) in [6.07, 6.45) is 9.26. The van der Waals surface area contributed by atoms with Gasteiger partial charge in [-0.1, -0.05) is 45.4 Å². The fraction of sp³-hybridized carbons (Fsp3) is 0.545. The molecule has 24 heavy (non-hydrogen) atoms. The number of unbranched alkanes of at least 4 members (excludes halogenated alkanes) is 6. The third kappa shape index (κ3) is 4.03. The average Bonchev–Trinajstić information content (AvgIpc) is 2.56. The molecule has 0 saturated heterocycles. The molecule has 0 spiro atoms. The summed E-state index contributed by atoms with van der Waals surface area (Å²) >= 11 is 0. The molecule has 0 atom stereocenters. The van der Waals surface area contributed by atoms with Gasteiger partial charge in [-0.3, -0.25) is 9.59 Å². The SMILES string of the molecule is CCCCCCCCCC1=C(C)C(=O)c2cc(C)c(C)cc2C1=O. The summed E-state index contributed by atoms with van der Waals surface area (Å²) in [5, 5.41) is 0. The van der Waals surface area contributed by atoms with E-state index in [4.69, 9.17) is 0 Å². The van der Waals surface area contributed by atoms with E-state index in [0.717, 1.165) is 36.0 Å². The van der Waals surface area contributed by atoms with E-state index in [1.54, 1.807) is 0 Å². The van der Waals surface area contributed by atoms with Crippen LogP contribution in [0.15, 0.2) is 23.3 Å². The molecule has 0 aromatic heterocycles. The quantitative estimate of drug-likeness (QED) is 0.538. The van der Waals surface area contributed by atoms with Crippen LogP contribution in [0.3, 0.4) is 0 Å². The molecule has 0 unspecified atom stereocenters. The molecular formula is C22H30O2. The van der Waals surface area contributed by atoms with E-state index in [0.29, 0.717) is 16.7 Å². The monoisotopic (exact) mass is 326 g/mol. The Bertz CT molecular complexity index is 665. The number of Topliss-reactive ketones (excluding diaryl/α,β-unsaturated/α-hetero) is 2. The highest BCUT2D eigenvalue weighted by Gasteiger charge is 2.29. The van der Waals surface area contributed by atoms with Gasteiger partial charge in [-0.25, -0.2) is 0 Å². The maximum atomic E-state index is 12.8. The molecule has 2 nitrogen and oxygen atoms in total. The maximum Gasteiger partial charge on any atom is 0.190 e. The molecule has 0 fully saturated rings. The van der Waals surface area contributed by atoms with Crippen LogP contribution in [-0.4, -0.2) is 11.6 Å². The number of allylic oxidation sites excluding steroid dienone is 2. The van der Waals surface area contributed by atoms with E-state index in [1.165, 1.54) is 32.1 Å². The van der Waals surface area contributed by atoms with Crippen molar-refractivity contribution in [2.24, 2.45) is 0 Å². The zero-order valence-corrected chi connectivity index (χ0v) is 15.6. The van der Waals surface area contributed by atoms with Crippen molar-refractivity contribution in [3.8, 4) is 0 Å². The molecular weight excluding hydrogens is 296 g/mol. The molecule has 2 rings (SSSR count). The second kappa shape index (κ2) is 8.41. The summed E-state index contributed by atoms with van der Waals surface area (Å²) < 4.78 is 0. The molecule has 0 aliphatic heterocycles. The summed E-state index contributed by atoms with van der Waals surface area (Å²) in [7, 11) is 0. The van der Waals surface area contributed by atoms with E-state index >= 15 is 0 Å². The highest BCUT2D eigenvalue weighted by atomic mass is 16.1. The van der Waals surface area contributed by atoms with Crippen molar-refractivity contribution in [1.82, 2.24) is 0 Å². The van der Waals surface area contributed by atoms with Crippen LogP contribution in [0, 0.1) is 13.8 Å². The molecule has 0 saturated carbocycles. The lowest BCUT2D eigenvalue weighted by atomic mass is 9.81. The summed E-state index contributed by atoms with van der Waals surface area (Å²) in [6.45, 7) is 8.02. The number of hydrogen-bond acceptors (Lipinski definition) is 2. The van der Waals surface area contributed by atoms with Crippen LogP contribution in [0.25, 0.3) is 0 Å². The van der Waals surface area contributed by atoms with Gasteiger partial charge in [0.15, 0.2) is 11.6 Å². The number of aryl methyl sites for hydroxylation is 2. The minimum absolute atomic E-state index is 0.0330. The van der Waals surface area contributed by atoms with Crippen LogP contribution in [0.5, 0.6) is 0 Å². The standard InChI is InChI=1S/C22H30O2/c1-5-6-7-8-9-10-11-12-18-17(4)21(23)19-13-15(2)16(3)14-20(19)22(18)24/h13-14H,5-12H2,1-4H3. The lowest BCUT2D eigenvalue weighted by molar-refractivity contribution is 0.0971. The first kappa shape index (κ1) is 18.6. The largest absolute Gasteiger partial charge is 0.289 e. The number of fused-ring (bicyclic) bond motifs is 1. The van der Waals surface area contributed by atoms with Gasteiger partial charge in [0.05, 0.1) is 0 Å². The van der Waals surface area contributed by atoms with Crippen LogP contribution >= 0.6 is 0 Å². The molecule has 1 aliphatic carbocycles. The number of benzene rings is 1. The highest BCUT2D eigenvalue weighted by Crippen LogP contribution is 2.31. The fourth-order valence-corrected chi connectivity index (χ4v) is 3.42. The Kier molecular flexibility index (Phi) is 6.53. The van der Waals surface area contributed by atoms with Crippen molar-refractivity contribution in [3.63, 3.8) is 0 Å². The Morgan fingerprint density at radius 2 is 1.21 bits per heavy atom. The molecule has 0 bridgehead atoms. The van der Waals surface area contributed by atoms with E-state index < -0.39 is 0 Å². The molecule has 2 heteroatoms. The number of ketones is 2. The predicted octanol–water partition coefficient (Wildman–Crippen LogP) is 6.14. The lowest BCUT2D eigenvalue weighted by Gasteiger charge is -2.20. The fourth-order valence-electron chi connectivity index (χ4n) is 3.42. The van der Waals surface area contributed by atoms with Gasteiger partial charge in [-0.2, -0.15) is 0 Å². The van der Waals surface area contributed by atoms with E-state index in [9.17, 15) is 9.59 Å². The Morgan fingerprint density at radius 1 is 0.708 bits per heavy atom. The number of hydrogen-bond donors (Lipinski definition) is 0. The molecule has 0 amide bonds. The second-order valence-corrected chi connectivity index (χ2v) is 7.12. The van der Waals surface area contributed by atoms with Crippen molar-refractivity contribution in [2.45, 2.75) is 79.1 Å². The summed E-state index contributed by atoms with van der Waals surface area (Å²) in [6, 6.07) is 3.76. The van der Waals surface area contributed by atoms with Crippen LogP contribution in [-0.2, 0) is 0 Å². The van der Waals surface area contributed by atoms with Gasteiger partial charge in [0.25, 0.3) is 0 Å². The Hall–Kier alpha value is -1.70. The summed E-state index contributed by atoms with van der Waals surface area (Å²) in [5.41, 5.74) is 4.73. The lowest BCUT2D eigenvalue weighted by Crippen LogP contribution is -2.21. The molecule has 130 valence electrons. The van der Waals surface area contributed by atoms with Crippen molar-refractivity contribution < 1.29 is 9.59 Å². The third-order valence-corrected chi connectivity index (χ3v) is 5.22. The average molecular weight is 326 g/mol. The molecule has 1 aliphatic rings. The molecule has 0 radical (unpaired) electrons. The van der Waals surface area contributed by atoms with Gasteiger partial charge in [-0.05, 0) is 56.9 Å². The Labute approximate surface area is 146 Å². The Morgan fingerprint density at radius 3 is 1.79 bits per heavy atom. The van der Waals surface area contributed by atoms with Crippen LogP contribution in [0.2, 0.25) is 0 Å². The Balaban J connectivity index is 2.03. The maximum absolute atomic E-state index is 12.8. The summed E-state index contributed by atoms with van der Waals surface area (Å²) in [4.78, 5) is 25.5. The first-order valence-corrected chi connectivity index (χ1v) is 9.37. The van der Waals surface area contributed by atoms with Crippen LogP contribution < -0.4 is 0 Å².